The molecule has 2 nitrogen and oxygen atoms in total. The first-order valence-corrected chi connectivity index (χ1v) is 11.5. The Kier molecular flexibility index (Phi) is 8.66. The van der Waals surface area contributed by atoms with Crippen LogP contribution in [0.2, 0.25) is 0 Å². The second kappa shape index (κ2) is 10.5. The maximum atomic E-state index is 14.5. The molecule has 0 unspecified atom stereocenters. The first-order chi connectivity index (χ1) is 13.7. The van der Waals surface area contributed by atoms with Crippen LogP contribution < -0.4 is 5.73 Å². The number of halogens is 2. The maximum Gasteiger partial charge on any atom is 0.297 e. The van der Waals surface area contributed by atoms with E-state index in [-0.39, 0.29) is 16.8 Å². The smallest absolute Gasteiger partial charge is 0.297 e. The van der Waals surface area contributed by atoms with Crippen LogP contribution in [0.4, 0.5) is 8.78 Å². The summed E-state index contributed by atoms with van der Waals surface area (Å²) in [5, 5.41) is 0. The zero-order valence-corrected chi connectivity index (χ0v) is 18.7. The average Bonchev–Trinajstić information content (AvgIpc) is 3.45. The number of aliphatic imine (C=N–C) groups is 1. The summed E-state index contributed by atoms with van der Waals surface area (Å²) in [5.74, 6) is -2.34. The van der Waals surface area contributed by atoms with Crippen molar-refractivity contribution in [3.05, 3.63) is 35.2 Å². The van der Waals surface area contributed by atoms with Gasteiger partial charge < -0.3 is 5.73 Å². The highest BCUT2D eigenvalue weighted by molar-refractivity contribution is 5.83. The van der Waals surface area contributed by atoms with Crippen LogP contribution in [0.15, 0.2) is 40.2 Å². The molecule has 0 aromatic heterocycles. The van der Waals surface area contributed by atoms with Crippen LogP contribution in [0.5, 0.6) is 0 Å². The predicted octanol–water partition coefficient (Wildman–Crippen LogP) is 7.72. The van der Waals surface area contributed by atoms with Crippen molar-refractivity contribution in [2.75, 3.05) is 0 Å². The molecule has 0 aromatic carbocycles. The molecule has 2 aliphatic rings. The Hall–Kier alpha value is -1.45. The zero-order valence-electron chi connectivity index (χ0n) is 18.7. The van der Waals surface area contributed by atoms with E-state index in [9.17, 15) is 8.78 Å². The Morgan fingerprint density at radius 3 is 2.52 bits per heavy atom. The molecule has 2 N–H and O–H groups in total. The van der Waals surface area contributed by atoms with E-state index in [1.807, 2.05) is 13.0 Å². The van der Waals surface area contributed by atoms with Gasteiger partial charge in [0.1, 0.15) is 0 Å². The van der Waals surface area contributed by atoms with E-state index in [0.29, 0.717) is 11.8 Å². The lowest BCUT2D eigenvalue weighted by molar-refractivity contribution is 0.0895. The Morgan fingerprint density at radius 2 is 1.93 bits per heavy atom. The van der Waals surface area contributed by atoms with Gasteiger partial charge in [0.15, 0.2) is 0 Å². The highest BCUT2D eigenvalue weighted by atomic mass is 19.3. The SMILES string of the molecule is C=C(C)C(F)(F)C(/C=N/C(=C/C)CCC[C@@H]1CCCCC2(CC1)CC2)=C(/N)CC. The minimum atomic E-state index is -3.15. The molecule has 2 fully saturated rings. The van der Waals surface area contributed by atoms with Crippen LogP contribution in [0.25, 0.3) is 0 Å². The fourth-order valence-corrected chi connectivity index (χ4v) is 4.47. The standard InChI is InChI=1S/C25H40F2N2/c1-5-21(29-18-22(23(28)6-2)25(26,27)19(3)4)12-9-11-20-10-7-8-14-24(15-13-20)16-17-24/h5,18,20H,3,6-17,28H2,1-2,4H3/b21-5+,23-22+,29-18+/t20-/m0/s1. The number of nitrogens with zero attached hydrogens (tertiary/aromatic N) is 1. The van der Waals surface area contributed by atoms with Crippen molar-refractivity contribution < 1.29 is 8.78 Å². The van der Waals surface area contributed by atoms with Crippen molar-refractivity contribution in [2.24, 2.45) is 22.1 Å². The molecule has 29 heavy (non-hydrogen) atoms. The second-order valence-corrected chi connectivity index (χ2v) is 9.23. The van der Waals surface area contributed by atoms with Gasteiger partial charge in [-0.2, -0.15) is 8.78 Å². The fourth-order valence-electron chi connectivity index (χ4n) is 4.47. The molecule has 0 radical (unpaired) electrons. The average molecular weight is 407 g/mol. The molecule has 2 aliphatic carbocycles. The normalized spacial score (nSPS) is 23.6. The molecule has 1 atom stereocenters. The summed E-state index contributed by atoms with van der Waals surface area (Å²) in [6.07, 6.45) is 17.9. The van der Waals surface area contributed by atoms with E-state index in [1.165, 1.54) is 70.9 Å². The molecule has 2 saturated carbocycles. The molecule has 0 aliphatic heterocycles. The van der Waals surface area contributed by atoms with E-state index in [4.69, 9.17) is 5.73 Å². The molecule has 164 valence electrons. The van der Waals surface area contributed by atoms with E-state index in [0.717, 1.165) is 24.5 Å². The lowest BCUT2D eigenvalue weighted by atomic mass is 9.81. The lowest BCUT2D eigenvalue weighted by Gasteiger charge is -2.24. The van der Waals surface area contributed by atoms with Crippen LogP contribution in [0, 0.1) is 11.3 Å². The summed E-state index contributed by atoms with van der Waals surface area (Å²) in [4.78, 5) is 4.39. The zero-order chi connectivity index (χ0) is 21.5. The first kappa shape index (κ1) is 23.8. The summed E-state index contributed by atoms with van der Waals surface area (Å²) in [7, 11) is 0. The molecular weight excluding hydrogens is 366 g/mol. The van der Waals surface area contributed by atoms with E-state index >= 15 is 0 Å². The van der Waals surface area contributed by atoms with Crippen LogP contribution >= 0.6 is 0 Å². The third-order valence-corrected chi connectivity index (χ3v) is 6.95. The van der Waals surface area contributed by atoms with Gasteiger partial charge in [0.2, 0.25) is 0 Å². The number of hydrogen-bond acceptors (Lipinski definition) is 2. The second-order valence-electron chi connectivity index (χ2n) is 9.23. The molecule has 0 saturated heterocycles. The van der Waals surface area contributed by atoms with Gasteiger partial charge in [-0.3, -0.25) is 4.99 Å². The van der Waals surface area contributed by atoms with Gasteiger partial charge in [0.25, 0.3) is 5.92 Å². The molecule has 0 heterocycles. The predicted molar refractivity (Wildman–Crippen MR) is 120 cm³/mol. The summed E-state index contributed by atoms with van der Waals surface area (Å²) < 4.78 is 29.0. The Morgan fingerprint density at radius 1 is 1.21 bits per heavy atom. The van der Waals surface area contributed by atoms with Gasteiger partial charge in [0.05, 0.1) is 5.57 Å². The minimum absolute atomic E-state index is 0.167. The van der Waals surface area contributed by atoms with Crippen LogP contribution in [-0.2, 0) is 0 Å². The Labute approximate surface area is 176 Å². The quantitative estimate of drug-likeness (QED) is 0.309. The van der Waals surface area contributed by atoms with Gasteiger partial charge in [0, 0.05) is 17.6 Å². The highest BCUT2D eigenvalue weighted by Crippen LogP contribution is 2.55. The van der Waals surface area contributed by atoms with Crippen molar-refractivity contribution in [3.63, 3.8) is 0 Å². The first-order valence-electron chi connectivity index (χ1n) is 11.5. The van der Waals surface area contributed by atoms with Crippen molar-refractivity contribution >= 4 is 6.21 Å². The molecule has 1 spiro atoms. The third-order valence-electron chi connectivity index (χ3n) is 6.95. The summed E-state index contributed by atoms with van der Waals surface area (Å²) in [6, 6.07) is 0. The topological polar surface area (TPSA) is 38.4 Å². The molecule has 0 aromatic rings. The molecular formula is C25H40F2N2. The van der Waals surface area contributed by atoms with Gasteiger partial charge in [-0.25, -0.2) is 0 Å². The summed E-state index contributed by atoms with van der Waals surface area (Å²) >= 11 is 0. The van der Waals surface area contributed by atoms with Crippen molar-refractivity contribution in [3.8, 4) is 0 Å². The number of hydrogen-bond donors (Lipinski definition) is 1. The van der Waals surface area contributed by atoms with E-state index in [2.05, 4.69) is 11.6 Å². The van der Waals surface area contributed by atoms with Gasteiger partial charge >= 0.3 is 0 Å². The summed E-state index contributed by atoms with van der Waals surface area (Å²) in [6.45, 7) is 8.45. The third kappa shape index (κ3) is 6.79. The van der Waals surface area contributed by atoms with Gasteiger partial charge in [-0.1, -0.05) is 45.3 Å². The minimum Gasteiger partial charge on any atom is -0.402 e. The Balaban J connectivity index is 1.91. The van der Waals surface area contributed by atoms with E-state index < -0.39 is 5.92 Å². The van der Waals surface area contributed by atoms with Crippen molar-refractivity contribution in [2.45, 2.75) is 104 Å². The molecule has 0 amide bonds. The number of allylic oxidation sites excluding steroid dienone is 5. The van der Waals surface area contributed by atoms with Crippen LogP contribution in [0.3, 0.4) is 0 Å². The maximum absolute atomic E-state index is 14.5. The monoisotopic (exact) mass is 406 g/mol. The largest absolute Gasteiger partial charge is 0.402 e. The van der Waals surface area contributed by atoms with E-state index in [1.54, 1.807) is 6.92 Å². The number of alkyl halides is 2. The number of rotatable bonds is 9. The van der Waals surface area contributed by atoms with Gasteiger partial charge in [-0.15, -0.1) is 0 Å². The summed E-state index contributed by atoms with van der Waals surface area (Å²) in [5.41, 5.74) is 7.17. The van der Waals surface area contributed by atoms with Crippen LogP contribution in [0.1, 0.15) is 97.8 Å². The number of nitrogens with two attached hydrogens (primary N) is 1. The molecule has 4 heteroatoms. The molecule has 2 rings (SSSR count). The fraction of sp³-hybridized carbons (Fsp3) is 0.720. The molecule has 0 bridgehead atoms. The van der Waals surface area contributed by atoms with Crippen LogP contribution in [-0.4, -0.2) is 12.1 Å². The van der Waals surface area contributed by atoms with Gasteiger partial charge in [-0.05, 0) is 82.1 Å². The lowest BCUT2D eigenvalue weighted by Crippen LogP contribution is -2.25. The van der Waals surface area contributed by atoms with Crippen molar-refractivity contribution in [1.82, 2.24) is 0 Å². The van der Waals surface area contributed by atoms with Crippen molar-refractivity contribution in [1.29, 1.82) is 0 Å². The highest BCUT2D eigenvalue weighted by Gasteiger charge is 2.42. The Bertz CT molecular complexity index is 654.